The van der Waals surface area contributed by atoms with Crippen molar-refractivity contribution in [2.24, 2.45) is 0 Å². The molecular formula is C23H26FN3O2S2. The van der Waals surface area contributed by atoms with Gasteiger partial charge in [0, 0.05) is 34.5 Å². The summed E-state index contributed by atoms with van der Waals surface area (Å²) in [6.45, 7) is 3.98. The van der Waals surface area contributed by atoms with Gasteiger partial charge in [0.25, 0.3) is 5.91 Å². The molecule has 0 saturated carbocycles. The highest BCUT2D eigenvalue weighted by atomic mass is 32.2. The Balaban J connectivity index is 1.08. The van der Waals surface area contributed by atoms with Crippen LogP contribution in [0.1, 0.15) is 52.5 Å². The Hall–Kier alpha value is -1.90. The Morgan fingerprint density at radius 2 is 2.16 bits per heavy atom. The molecule has 31 heavy (non-hydrogen) atoms. The van der Waals surface area contributed by atoms with Crippen LogP contribution in [0.5, 0.6) is 0 Å². The van der Waals surface area contributed by atoms with E-state index >= 15 is 0 Å². The molecule has 1 saturated heterocycles. The van der Waals surface area contributed by atoms with Crippen LogP contribution in [0.2, 0.25) is 0 Å². The van der Waals surface area contributed by atoms with Crippen LogP contribution in [-0.2, 0) is 6.42 Å². The average Bonchev–Trinajstić information content (AvgIpc) is 3.34. The first kappa shape index (κ1) is 21.0. The van der Waals surface area contributed by atoms with E-state index in [1.807, 2.05) is 11.8 Å². The molecule has 4 heterocycles. The maximum absolute atomic E-state index is 13.4. The van der Waals surface area contributed by atoms with Gasteiger partial charge >= 0.3 is 0 Å². The van der Waals surface area contributed by atoms with E-state index in [-0.39, 0.29) is 11.7 Å². The predicted octanol–water partition coefficient (Wildman–Crippen LogP) is 5.07. The van der Waals surface area contributed by atoms with Crippen LogP contribution in [0.3, 0.4) is 0 Å². The van der Waals surface area contributed by atoms with E-state index in [0.29, 0.717) is 11.5 Å². The first-order valence-corrected chi connectivity index (χ1v) is 12.8. The summed E-state index contributed by atoms with van der Waals surface area (Å²) in [5.74, 6) is 1.25. The number of likely N-dealkylation sites (tertiary alicyclic amines) is 1. The average molecular weight is 460 g/mol. The highest BCUT2D eigenvalue weighted by Crippen LogP contribution is 2.34. The highest BCUT2D eigenvalue weighted by molar-refractivity contribution is 8.01. The molecule has 1 fully saturated rings. The Labute approximate surface area is 189 Å². The van der Waals surface area contributed by atoms with Crippen LogP contribution >= 0.6 is 23.1 Å². The summed E-state index contributed by atoms with van der Waals surface area (Å²) >= 11 is 3.66. The number of amides is 1. The third kappa shape index (κ3) is 4.66. The number of piperidine rings is 1. The normalized spacial score (nSPS) is 18.2. The molecular weight excluding hydrogens is 433 g/mol. The second-order valence-corrected chi connectivity index (χ2v) is 10.8. The van der Waals surface area contributed by atoms with Crippen molar-refractivity contribution in [3.63, 3.8) is 0 Å². The number of nitrogens with zero attached hydrogens (tertiary/aromatic N) is 2. The maximum Gasteiger partial charge on any atom is 0.252 e. The summed E-state index contributed by atoms with van der Waals surface area (Å²) < 4.78 is 20.0. The third-order valence-corrected chi connectivity index (χ3v) is 8.68. The van der Waals surface area contributed by atoms with Gasteiger partial charge in [-0.05, 0) is 69.9 Å². The number of rotatable bonds is 6. The van der Waals surface area contributed by atoms with Gasteiger partial charge in [-0.15, -0.1) is 23.1 Å². The van der Waals surface area contributed by atoms with Crippen molar-refractivity contribution < 1.29 is 13.7 Å². The number of halogens is 1. The minimum Gasteiger partial charge on any atom is -0.356 e. The van der Waals surface area contributed by atoms with Crippen LogP contribution in [0, 0.1) is 5.82 Å². The number of fused-ring (bicyclic) bond motifs is 2. The molecule has 1 aromatic carbocycles. The predicted molar refractivity (Wildman–Crippen MR) is 123 cm³/mol. The number of thioether (sulfide) groups is 1. The molecule has 1 N–H and O–H groups in total. The number of nitrogens with one attached hydrogen (secondary N) is 1. The van der Waals surface area contributed by atoms with Gasteiger partial charge in [0.05, 0.1) is 15.5 Å². The summed E-state index contributed by atoms with van der Waals surface area (Å²) in [7, 11) is 0. The molecule has 0 radical (unpaired) electrons. The zero-order valence-corrected chi connectivity index (χ0v) is 19.0. The zero-order valence-electron chi connectivity index (χ0n) is 17.4. The van der Waals surface area contributed by atoms with Gasteiger partial charge < -0.3 is 14.7 Å². The summed E-state index contributed by atoms with van der Waals surface area (Å²) in [6.07, 6.45) is 5.28. The number of hydrogen-bond donors (Lipinski definition) is 1. The molecule has 0 spiro atoms. The van der Waals surface area contributed by atoms with E-state index in [2.05, 4.69) is 21.4 Å². The molecule has 5 rings (SSSR count). The number of benzene rings is 1. The van der Waals surface area contributed by atoms with Crippen molar-refractivity contribution in [3.05, 3.63) is 46.2 Å². The number of aryl methyl sites for hydroxylation is 1. The Kier molecular flexibility index (Phi) is 6.29. The molecule has 2 aliphatic heterocycles. The molecule has 0 aliphatic carbocycles. The number of carbonyl (C=O) groups is 1. The summed E-state index contributed by atoms with van der Waals surface area (Å²) in [4.78, 5) is 15.9. The van der Waals surface area contributed by atoms with Gasteiger partial charge in [-0.2, -0.15) is 0 Å². The van der Waals surface area contributed by atoms with Crippen LogP contribution in [-0.4, -0.2) is 47.9 Å². The summed E-state index contributed by atoms with van der Waals surface area (Å²) in [5, 5.41) is 8.16. The Morgan fingerprint density at radius 1 is 1.29 bits per heavy atom. The van der Waals surface area contributed by atoms with Crippen LogP contribution in [0.25, 0.3) is 11.0 Å². The van der Waals surface area contributed by atoms with Crippen LogP contribution in [0.4, 0.5) is 4.39 Å². The van der Waals surface area contributed by atoms with Crippen molar-refractivity contribution >= 4 is 40.0 Å². The largest absolute Gasteiger partial charge is 0.356 e. The lowest BCUT2D eigenvalue weighted by molar-refractivity contribution is 0.0956. The molecule has 164 valence electrons. The van der Waals surface area contributed by atoms with Gasteiger partial charge in [-0.1, -0.05) is 5.16 Å². The SMILES string of the molecule is O=C1NCCCc2sc(SCCCN3CCC(c4noc5cc(F)ccc45)CC3)cc21. The standard InChI is InChI=1S/C23H26FN3O2S2/c24-16-4-5-17-19(13-16)29-26-22(17)15-6-10-27(11-7-15)9-2-12-30-21-14-18-20(31-21)3-1-8-25-23(18)28/h4-5,13-15H,1-3,6-12H2,(H,25,28). The first-order chi connectivity index (χ1) is 15.2. The Morgan fingerprint density at radius 3 is 3.03 bits per heavy atom. The Bertz CT molecular complexity index is 1070. The second-order valence-electron chi connectivity index (χ2n) is 8.29. The lowest BCUT2D eigenvalue weighted by Gasteiger charge is -2.31. The fourth-order valence-corrected chi connectivity index (χ4v) is 6.91. The fourth-order valence-electron chi connectivity index (χ4n) is 4.52. The van der Waals surface area contributed by atoms with Gasteiger partial charge in [-0.3, -0.25) is 4.79 Å². The first-order valence-electron chi connectivity index (χ1n) is 11.0. The number of hydrogen-bond acceptors (Lipinski definition) is 6. The minimum absolute atomic E-state index is 0.0866. The van der Waals surface area contributed by atoms with E-state index in [4.69, 9.17) is 4.52 Å². The van der Waals surface area contributed by atoms with Gasteiger partial charge in [0.1, 0.15) is 5.82 Å². The topological polar surface area (TPSA) is 58.4 Å². The molecule has 5 nitrogen and oxygen atoms in total. The van der Waals surface area contributed by atoms with Gasteiger partial charge in [0.15, 0.2) is 5.58 Å². The maximum atomic E-state index is 13.4. The monoisotopic (exact) mass is 459 g/mol. The summed E-state index contributed by atoms with van der Waals surface area (Å²) in [5.41, 5.74) is 2.40. The van der Waals surface area contributed by atoms with Gasteiger partial charge in [-0.25, -0.2) is 4.39 Å². The van der Waals surface area contributed by atoms with Crippen molar-refractivity contribution in [2.75, 3.05) is 31.9 Å². The van der Waals surface area contributed by atoms with E-state index in [1.165, 1.54) is 21.2 Å². The number of thiophene rings is 1. The molecule has 0 unspecified atom stereocenters. The number of aromatic nitrogens is 1. The van der Waals surface area contributed by atoms with Crippen LogP contribution in [0.15, 0.2) is 33.0 Å². The molecule has 3 aromatic rings. The lowest BCUT2D eigenvalue weighted by atomic mass is 9.91. The molecule has 1 amide bonds. The summed E-state index contributed by atoms with van der Waals surface area (Å²) in [6, 6.07) is 6.75. The fraction of sp³-hybridized carbons (Fsp3) is 0.478. The number of carbonyl (C=O) groups excluding carboxylic acids is 1. The van der Waals surface area contributed by atoms with Gasteiger partial charge in [0.2, 0.25) is 0 Å². The molecule has 0 atom stereocenters. The quantitative estimate of drug-likeness (QED) is 0.412. The van der Waals surface area contributed by atoms with E-state index in [0.717, 1.165) is 80.7 Å². The van der Waals surface area contributed by atoms with Crippen molar-refractivity contribution in [2.45, 2.75) is 42.2 Å². The van der Waals surface area contributed by atoms with E-state index in [9.17, 15) is 9.18 Å². The van der Waals surface area contributed by atoms with E-state index < -0.39 is 0 Å². The zero-order chi connectivity index (χ0) is 21.2. The highest BCUT2D eigenvalue weighted by Gasteiger charge is 2.25. The smallest absolute Gasteiger partial charge is 0.252 e. The molecule has 8 heteroatoms. The molecule has 0 bridgehead atoms. The minimum atomic E-state index is -0.288. The molecule has 2 aromatic heterocycles. The van der Waals surface area contributed by atoms with Crippen molar-refractivity contribution in [1.29, 1.82) is 0 Å². The lowest BCUT2D eigenvalue weighted by Crippen LogP contribution is -2.34. The second kappa shape index (κ2) is 9.30. The third-order valence-electron chi connectivity index (χ3n) is 6.20. The molecule has 2 aliphatic rings. The van der Waals surface area contributed by atoms with Crippen molar-refractivity contribution in [1.82, 2.24) is 15.4 Å². The van der Waals surface area contributed by atoms with Crippen molar-refractivity contribution in [3.8, 4) is 0 Å². The van der Waals surface area contributed by atoms with Crippen LogP contribution < -0.4 is 5.32 Å². The van der Waals surface area contributed by atoms with E-state index in [1.54, 1.807) is 17.4 Å².